The van der Waals surface area contributed by atoms with Gasteiger partial charge in [-0.1, -0.05) is 12.1 Å². The molecule has 1 aromatic rings. The molecule has 0 aliphatic carbocycles. The monoisotopic (exact) mass is 253 g/mol. The summed E-state index contributed by atoms with van der Waals surface area (Å²) in [5, 5.41) is 3.21. The SMILES string of the molecule is COC(=O)CC(C)NCc1cc(C)c(F)c(C)c1. The second-order valence-electron chi connectivity index (χ2n) is 4.61. The van der Waals surface area contributed by atoms with Crippen molar-refractivity contribution < 1.29 is 13.9 Å². The van der Waals surface area contributed by atoms with E-state index in [9.17, 15) is 9.18 Å². The fourth-order valence-electron chi connectivity index (χ4n) is 1.84. The van der Waals surface area contributed by atoms with Crippen molar-refractivity contribution >= 4 is 5.97 Å². The largest absolute Gasteiger partial charge is 0.469 e. The molecule has 1 unspecified atom stereocenters. The molecule has 1 atom stereocenters. The molecule has 1 aromatic carbocycles. The standard InChI is InChI=1S/C14H20FNO2/c1-9-5-12(6-10(2)14(9)15)8-16-11(3)7-13(17)18-4/h5-6,11,16H,7-8H2,1-4H3. The molecule has 0 heterocycles. The van der Waals surface area contributed by atoms with Crippen LogP contribution in [0.5, 0.6) is 0 Å². The lowest BCUT2D eigenvalue weighted by Crippen LogP contribution is -2.28. The van der Waals surface area contributed by atoms with Crippen LogP contribution in [0.3, 0.4) is 0 Å². The normalized spacial score (nSPS) is 12.3. The Kier molecular flexibility index (Phi) is 5.28. The summed E-state index contributed by atoms with van der Waals surface area (Å²) in [6, 6.07) is 3.67. The van der Waals surface area contributed by atoms with Gasteiger partial charge in [0, 0.05) is 12.6 Å². The van der Waals surface area contributed by atoms with Gasteiger partial charge in [0.25, 0.3) is 0 Å². The van der Waals surface area contributed by atoms with E-state index in [4.69, 9.17) is 0 Å². The average Bonchev–Trinajstić information content (AvgIpc) is 2.33. The van der Waals surface area contributed by atoms with Crippen LogP contribution in [-0.2, 0) is 16.1 Å². The number of ether oxygens (including phenoxy) is 1. The smallest absolute Gasteiger partial charge is 0.307 e. The summed E-state index contributed by atoms with van der Waals surface area (Å²) in [7, 11) is 1.38. The van der Waals surface area contributed by atoms with E-state index in [2.05, 4.69) is 10.1 Å². The third-order valence-electron chi connectivity index (χ3n) is 2.85. The van der Waals surface area contributed by atoms with Gasteiger partial charge >= 0.3 is 5.97 Å². The molecule has 0 aromatic heterocycles. The first-order chi connectivity index (χ1) is 8.43. The van der Waals surface area contributed by atoms with Gasteiger partial charge in [0.15, 0.2) is 0 Å². The van der Waals surface area contributed by atoms with Crippen LogP contribution < -0.4 is 5.32 Å². The summed E-state index contributed by atoms with van der Waals surface area (Å²) < 4.78 is 18.0. The van der Waals surface area contributed by atoms with Gasteiger partial charge in [0.2, 0.25) is 0 Å². The Balaban J connectivity index is 2.56. The van der Waals surface area contributed by atoms with E-state index in [0.29, 0.717) is 24.1 Å². The molecule has 0 spiro atoms. The van der Waals surface area contributed by atoms with Gasteiger partial charge in [-0.25, -0.2) is 4.39 Å². The highest BCUT2D eigenvalue weighted by molar-refractivity contribution is 5.69. The van der Waals surface area contributed by atoms with Crippen molar-refractivity contribution in [2.75, 3.05) is 7.11 Å². The summed E-state index contributed by atoms with van der Waals surface area (Å²) in [6.07, 6.45) is 0.329. The van der Waals surface area contributed by atoms with E-state index in [1.54, 1.807) is 13.8 Å². The number of carbonyl (C=O) groups excluding carboxylic acids is 1. The lowest BCUT2D eigenvalue weighted by atomic mass is 10.1. The molecule has 0 aliphatic rings. The van der Waals surface area contributed by atoms with Gasteiger partial charge in [0.1, 0.15) is 5.82 Å². The highest BCUT2D eigenvalue weighted by Gasteiger charge is 2.09. The van der Waals surface area contributed by atoms with E-state index in [1.807, 2.05) is 19.1 Å². The highest BCUT2D eigenvalue weighted by atomic mass is 19.1. The molecule has 100 valence electrons. The lowest BCUT2D eigenvalue weighted by molar-refractivity contribution is -0.141. The molecule has 0 amide bonds. The number of rotatable bonds is 5. The van der Waals surface area contributed by atoms with E-state index in [0.717, 1.165) is 5.56 Å². The number of esters is 1. The first-order valence-corrected chi connectivity index (χ1v) is 6.00. The van der Waals surface area contributed by atoms with Gasteiger partial charge in [-0.15, -0.1) is 0 Å². The van der Waals surface area contributed by atoms with Crippen LogP contribution in [0.4, 0.5) is 4.39 Å². The van der Waals surface area contributed by atoms with Crippen LogP contribution in [-0.4, -0.2) is 19.1 Å². The zero-order valence-electron chi connectivity index (χ0n) is 11.3. The van der Waals surface area contributed by atoms with Crippen LogP contribution in [0.2, 0.25) is 0 Å². The Morgan fingerprint density at radius 3 is 2.44 bits per heavy atom. The third-order valence-corrected chi connectivity index (χ3v) is 2.85. The van der Waals surface area contributed by atoms with Crippen molar-refractivity contribution in [1.29, 1.82) is 0 Å². The molecule has 18 heavy (non-hydrogen) atoms. The van der Waals surface area contributed by atoms with Crippen molar-refractivity contribution in [3.63, 3.8) is 0 Å². The Labute approximate surface area is 107 Å². The molecule has 0 radical (unpaired) electrons. The molecule has 3 nitrogen and oxygen atoms in total. The van der Waals surface area contributed by atoms with Crippen LogP contribution in [0.25, 0.3) is 0 Å². The summed E-state index contributed by atoms with van der Waals surface area (Å²) in [4.78, 5) is 11.1. The van der Waals surface area contributed by atoms with Crippen molar-refractivity contribution in [2.45, 2.75) is 39.8 Å². The number of benzene rings is 1. The minimum absolute atomic E-state index is 0.0307. The zero-order valence-corrected chi connectivity index (χ0v) is 11.3. The number of hydrogen-bond acceptors (Lipinski definition) is 3. The maximum Gasteiger partial charge on any atom is 0.307 e. The molecule has 0 aliphatic heterocycles. The maximum absolute atomic E-state index is 13.4. The van der Waals surface area contributed by atoms with E-state index >= 15 is 0 Å². The summed E-state index contributed by atoms with van der Waals surface area (Å²) in [5.74, 6) is -0.386. The first kappa shape index (κ1) is 14.6. The maximum atomic E-state index is 13.4. The zero-order chi connectivity index (χ0) is 13.7. The topological polar surface area (TPSA) is 38.3 Å². The number of aryl methyl sites for hydroxylation is 2. The lowest BCUT2D eigenvalue weighted by Gasteiger charge is -2.13. The predicted octanol–water partition coefficient (Wildman–Crippen LogP) is 2.48. The molecular formula is C14H20FNO2. The van der Waals surface area contributed by atoms with E-state index < -0.39 is 0 Å². The first-order valence-electron chi connectivity index (χ1n) is 6.00. The molecule has 0 fully saturated rings. The minimum atomic E-state index is -0.235. The molecule has 1 rings (SSSR count). The van der Waals surface area contributed by atoms with Gasteiger partial charge in [-0.05, 0) is 37.5 Å². The summed E-state index contributed by atoms with van der Waals surface area (Å²) in [5.41, 5.74) is 2.31. The van der Waals surface area contributed by atoms with E-state index in [-0.39, 0.29) is 17.8 Å². The van der Waals surface area contributed by atoms with Gasteiger partial charge in [0.05, 0.1) is 13.5 Å². The average molecular weight is 253 g/mol. The fraction of sp³-hybridized carbons (Fsp3) is 0.500. The van der Waals surface area contributed by atoms with Crippen molar-refractivity contribution in [3.05, 3.63) is 34.6 Å². The molecule has 0 saturated heterocycles. The predicted molar refractivity (Wildman–Crippen MR) is 68.8 cm³/mol. The number of carbonyl (C=O) groups is 1. The molecule has 0 saturated carbocycles. The number of nitrogens with one attached hydrogen (secondary N) is 1. The van der Waals surface area contributed by atoms with Gasteiger partial charge in [-0.2, -0.15) is 0 Å². The molecule has 4 heteroatoms. The van der Waals surface area contributed by atoms with Crippen LogP contribution in [0.15, 0.2) is 12.1 Å². The fourth-order valence-corrected chi connectivity index (χ4v) is 1.84. The molecular weight excluding hydrogens is 233 g/mol. The van der Waals surface area contributed by atoms with Crippen LogP contribution >= 0.6 is 0 Å². The van der Waals surface area contributed by atoms with E-state index in [1.165, 1.54) is 7.11 Å². The number of methoxy groups -OCH3 is 1. The number of hydrogen-bond donors (Lipinski definition) is 1. The summed E-state index contributed by atoms with van der Waals surface area (Å²) in [6.45, 7) is 6.04. The van der Waals surface area contributed by atoms with Crippen LogP contribution in [0, 0.1) is 19.7 Å². The van der Waals surface area contributed by atoms with Gasteiger partial charge < -0.3 is 10.1 Å². The second kappa shape index (κ2) is 6.50. The van der Waals surface area contributed by atoms with Crippen molar-refractivity contribution in [3.8, 4) is 0 Å². The third kappa shape index (κ3) is 4.11. The Morgan fingerprint density at radius 1 is 1.39 bits per heavy atom. The van der Waals surface area contributed by atoms with Crippen molar-refractivity contribution in [2.24, 2.45) is 0 Å². The summed E-state index contributed by atoms with van der Waals surface area (Å²) >= 11 is 0. The Morgan fingerprint density at radius 2 is 1.94 bits per heavy atom. The molecule has 1 N–H and O–H groups in total. The molecule has 0 bridgehead atoms. The minimum Gasteiger partial charge on any atom is -0.469 e. The Hall–Kier alpha value is -1.42. The second-order valence-corrected chi connectivity index (χ2v) is 4.61. The van der Waals surface area contributed by atoms with Crippen LogP contribution in [0.1, 0.15) is 30.0 Å². The number of halogens is 1. The van der Waals surface area contributed by atoms with Gasteiger partial charge in [-0.3, -0.25) is 4.79 Å². The van der Waals surface area contributed by atoms with Crippen molar-refractivity contribution in [1.82, 2.24) is 5.32 Å². The quantitative estimate of drug-likeness (QED) is 0.819. The highest BCUT2D eigenvalue weighted by Crippen LogP contribution is 2.14. The Bertz CT molecular complexity index is 409.